The summed E-state index contributed by atoms with van der Waals surface area (Å²) in [6.07, 6.45) is 0. The van der Waals surface area contributed by atoms with Crippen molar-refractivity contribution in [2.45, 2.75) is 6.92 Å². The first-order chi connectivity index (χ1) is 12.9. The molecule has 136 valence electrons. The zero-order valence-corrected chi connectivity index (χ0v) is 15.2. The lowest BCUT2D eigenvalue weighted by Gasteiger charge is -2.11. The molecule has 0 fully saturated rings. The molecule has 6 heteroatoms. The van der Waals surface area contributed by atoms with Crippen LogP contribution in [-0.2, 0) is 0 Å². The van der Waals surface area contributed by atoms with E-state index in [4.69, 9.17) is 27.0 Å². The number of anilines is 1. The van der Waals surface area contributed by atoms with Gasteiger partial charge in [-0.3, -0.25) is 10.8 Å². The van der Waals surface area contributed by atoms with Crippen LogP contribution >= 0.6 is 0 Å². The van der Waals surface area contributed by atoms with Gasteiger partial charge in [-0.15, -0.1) is 0 Å². The number of rotatable bonds is 4. The fourth-order valence-electron chi connectivity index (χ4n) is 2.82. The summed E-state index contributed by atoms with van der Waals surface area (Å²) in [5.74, 6) is 1.13. The standard InChI is InChI=1S/C21H21N5O/c1-12(22)26-21(25)16-6-8-19(23)18(11-16)20(24)15-4-3-14-10-17(27-2)7-5-13(14)9-15/h3-11,24H,23H2,1-2H3,(H3,22,25,26). The molecule has 0 bridgehead atoms. The maximum atomic E-state index is 8.61. The molecule has 0 unspecified atom stereocenters. The van der Waals surface area contributed by atoms with Crippen LogP contribution in [0.4, 0.5) is 5.69 Å². The number of nitrogens with one attached hydrogen (secondary N) is 2. The number of hydrogen-bond donors (Lipinski definition) is 4. The number of fused-ring (bicyclic) bond motifs is 1. The SMILES string of the molecule is COc1ccc2cc(C(=N)c3cc(C(=N)N=C(C)N)ccc3N)ccc2c1. The maximum Gasteiger partial charge on any atom is 0.153 e. The molecule has 6 nitrogen and oxygen atoms in total. The molecular formula is C21H21N5O. The van der Waals surface area contributed by atoms with Gasteiger partial charge >= 0.3 is 0 Å². The maximum absolute atomic E-state index is 8.61. The number of methoxy groups -OCH3 is 1. The minimum Gasteiger partial charge on any atom is -0.497 e. The second-order valence-corrected chi connectivity index (χ2v) is 6.21. The Balaban J connectivity index is 2.01. The molecule has 0 amide bonds. The highest BCUT2D eigenvalue weighted by Crippen LogP contribution is 2.25. The van der Waals surface area contributed by atoms with E-state index in [1.807, 2.05) is 36.4 Å². The molecule has 3 aromatic carbocycles. The third-order valence-corrected chi connectivity index (χ3v) is 4.22. The molecule has 0 aromatic heterocycles. The van der Waals surface area contributed by atoms with Crippen molar-refractivity contribution in [2.75, 3.05) is 12.8 Å². The van der Waals surface area contributed by atoms with Crippen LogP contribution in [0.2, 0.25) is 0 Å². The average Bonchev–Trinajstić information content (AvgIpc) is 2.66. The van der Waals surface area contributed by atoms with Crippen molar-refractivity contribution in [1.29, 1.82) is 10.8 Å². The van der Waals surface area contributed by atoms with Crippen LogP contribution in [0.3, 0.4) is 0 Å². The summed E-state index contributed by atoms with van der Waals surface area (Å²) in [5.41, 5.74) is 14.2. The van der Waals surface area contributed by atoms with Crippen molar-refractivity contribution in [3.63, 3.8) is 0 Å². The lowest BCUT2D eigenvalue weighted by atomic mass is 9.96. The molecule has 0 aliphatic heterocycles. The molecule has 0 heterocycles. The first-order valence-corrected chi connectivity index (χ1v) is 8.35. The third kappa shape index (κ3) is 3.79. The summed E-state index contributed by atoms with van der Waals surface area (Å²) in [6.45, 7) is 1.62. The number of nitrogens with zero attached hydrogens (tertiary/aromatic N) is 1. The Bertz CT molecular complexity index is 1080. The van der Waals surface area contributed by atoms with Gasteiger partial charge in [0.05, 0.1) is 18.7 Å². The van der Waals surface area contributed by atoms with E-state index >= 15 is 0 Å². The fraction of sp³-hybridized carbons (Fsp3) is 0.0952. The summed E-state index contributed by atoms with van der Waals surface area (Å²) in [6, 6.07) is 16.6. The van der Waals surface area contributed by atoms with E-state index in [0.29, 0.717) is 22.6 Å². The minimum atomic E-state index is 0.0367. The lowest BCUT2D eigenvalue weighted by Crippen LogP contribution is -2.11. The first-order valence-electron chi connectivity index (χ1n) is 8.35. The van der Waals surface area contributed by atoms with Crippen LogP contribution < -0.4 is 16.2 Å². The summed E-state index contributed by atoms with van der Waals surface area (Å²) in [4.78, 5) is 3.96. The van der Waals surface area contributed by atoms with E-state index in [0.717, 1.165) is 22.1 Å². The van der Waals surface area contributed by atoms with Crippen LogP contribution in [-0.4, -0.2) is 24.5 Å². The number of nitrogens with two attached hydrogens (primary N) is 2. The molecule has 3 rings (SSSR count). The van der Waals surface area contributed by atoms with Crippen LogP contribution in [0.15, 0.2) is 59.6 Å². The Labute approximate surface area is 157 Å². The van der Waals surface area contributed by atoms with Crippen molar-refractivity contribution in [2.24, 2.45) is 10.7 Å². The molecule has 0 saturated carbocycles. The molecule has 27 heavy (non-hydrogen) atoms. The van der Waals surface area contributed by atoms with Gasteiger partial charge in [0, 0.05) is 22.4 Å². The molecule has 3 aromatic rings. The summed E-state index contributed by atoms with van der Waals surface area (Å²) < 4.78 is 5.25. The van der Waals surface area contributed by atoms with Gasteiger partial charge in [0.2, 0.25) is 0 Å². The molecule has 0 aliphatic rings. The minimum absolute atomic E-state index is 0.0367. The topological polar surface area (TPSA) is 121 Å². The fourth-order valence-corrected chi connectivity index (χ4v) is 2.82. The second-order valence-electron chi connectivity index (χ2n) is 6.21. The van der Waals surface area contributed by atoms with Gasteiger partial charge in [-0.25, -0.2) is 4.99 Å². The molecule has 0 atom stereocenters. The Morgan fingerprint density at radius 3 is 2.30 bits per heavy atom. The van der Waals surface area contributed by atoms with Crippen LogP contribution in [0.1, 0.15) is 23.6 Å². The van der Waals surface area contributed by atoms with E-state index in [9.17, 15) is 0 Å². The Morgan fingerprint density at radius 1 is 0.926 bits per heavy atom. The van der Waals surface area contributed by atoms with E-state index in [1.54, 1.807) is 32.2 Å². The normalized spacial score (nSPS) is 11.4. The van der Waals surface area contributed by atoms with Crippen molar-refractivity contribution in [3.8, 4) is 5.75 Å². The first kappa shape index (κ1) is 18.1. The third-order valence-electron chi connectivity index (χ3n) is 4.22. The Kier molecular flexibility index (Phi) is 4.90. The molecule has 0 saturated heterocycles. The average molecular weight is 359 g/mol. The number of aliphatic imine (C=N–C) groups is 1. The van der Waals surface area contributed by atoms with Gasteiger partial charge in [-0.2, -0.15) is 0 Å². The van der Waals surface area contributed by atoms with Gasteiger partial charge in [-0.05, 0) is 54.1 Å². The van der Waals surface area contributed by atoms with E-state index in [-0.39, 0.29) is 11.5 Å². The zero-order valence-electron chi connectivity index (χ0n) is 15.2. The second kappa shape index (κ2) is 7.29. The summed E-state index contributed by atoms with van der Waals surface area (Å²) >= 11 is 0. The number of hydrogen-bond acceptors (Lipinski definition) is 4. The van der Waals surface area contributed by atoms with Crippen molar-refractivity contribution >= 4 is 33.8 Å². The summed E-state index contributed by atoms with van der Waals surface area (Å²) in [7, 11) is 1.63. The van der Waals surface area contributed by atoms with E-state index in [2.05, 4.69) is 4.99 Å². The predicted octanol–water partition coefficient (Wildman–Crippen LogP) is 3.55. The highest BCUT2D eigenvalue weighted by molar-refractivity contribution is 6.16. The molecule has 0 aliphatic carbocycles. The summed E-state index contributed by atoms with van der Waals surface area (Å²) in [5, 5.41) is 18.7. The predicted molar refractivity (Wildman–Crippen MR) is 111 cm³/mol. The number of benzene rings is 3. The monoisotopic (exact) mass is 359 g/mol. The van der Waals surface area contributed by atoms with E-state index < -0.39 is 0 Å². The van der Waals surface area contributed by atoms with Crippen molar-refractivity contribution < 1.29 is 4.74 Å². The van der Waals surface area contributed by atoms with Gasteiger partial charge in [0.15, 0.2) is 5.84 Å². The Hall–Kier alpha value is -3.67. The molecule has 0 spiro atoms. The van der Waals surface area contributed by atoms with Crippen LogP contribution in [0.25, 0.3) is 10.8 Å². The van der Waals surface area contributed by atoms with Gasteiger partial charge < -0.3 is 16.2 Å². The number of nitrogen functional groups attached to an aromatic ring is 1. The number of amidine groups is 2. The largest absolute Gasteiger partial charge is 0.497 e. The zero-order chi connectivity index (χ0) is 19.6. The van der Waals surface area contributed by atoms with E-state index in [1.165, 1.54) is 0 Å². The molecule has 6 N–H and O–H groups in total. The highest BCUT2D eigenvalue weighted by Gasteiger charge is 2.12. The Morgan fingerprint density at radius 2 is 1.59 bits per heavy atom. The highest BCUT2D eigenvalue weighted by atomic mass is 16.5. The lowest BCUT2D eigenvalue weighted by molar-refractivity contribution is 0.415. The molecule has 0 radical (unpaired) electrons. The van der Waals surface area contributed by atoms with Gasteiger partial charge in [0.25, 0.3) is 0 Å². The van der Waals surface area contributed by atoms with Crippen LogP contribution in [0.5, 0.6) is 5.75 Å². The van der Waals surface area contributed by atoms with Crippen LogP contribution in [0, 0.1) is 10.8 Å². The smallest absolute Gasteiger partial charge is 0.153 e. The van der Waals surface area contributed by atoms with Crippen molar-refractivity contribution in [1.82, 2.24) is 0 Å². The van der Waals surface area contributed by atoms with Gasteiger partial charge in [-0.1, -0.05) is 18.2 Å². The van der Waals surface area contributed by atoms with Gasteiger partial charge in [0.1, 0.15) is 5.75 Å². The number of ether oxygens (including phenoxy) is 1. The van der Waals surface area contributed by atoms with Crippen molar-refractivity contribution in [3.05, 3.63) is 71.3 Å². The molecular weight excluding hydrogens is 338 g/mol. The quantitative estimate of drug-likeness (QED) is 0.324.